The normalized spacial score (nSPS) is 13.5. The van der Waals surface area contributed by atoms with Crippen molar-refractivity contribution in [3.63, 3.8) is 0 Å². The molecule has 0 unspecified atom stereocenters. The van der Waals surface area contributed by atoms with Gasteiger partial charge in [-0.1, -0.05) is 6.92 Å². The summed E-state index contributed by atoms with van der Waals surface area (Å²) < 4.78 is 38.4. The molecule has 22 heavy (non-hydrogen) atoms. The second-order valence-corrected chi connectivity index (χ2v) is 8.06. The molecule has 5 nitrogen and oxygen atoms in total. The van der Waals surface area contributed by atoms with E-state index < -0.39 is 27.4 Å². The van der Waals surface area contributed by atoms with E-state index in [0.29, 0.717) is 6.42 Å². The van der Waals surface area contributed by atoms with Gasteiger partial charge in [-0.3, -0.25) is 9.10 Å². The van der Waals surface area contributed by atoms with Gasteiger partial charge in [0.05, 0.1) is 11.9 Å². The highest BCUT2D eigenvalue weighted by Gasteiger charge is 2.32. The number of amides is 1. The molecule has 7 heteroatoms. The fourth-order valence-electron chi connectivity index (χ4n) is 2.10. The van der Waals surface area contributed by atoms with Gasteiger partial charge in [0.2, 0.25) is 15.9 Å². The maximum absolute atomic E-state index is 13.1. The molecule has 0 heterocycles. The van der Waals surface area contributed by atoms with Crippen LogP contribution in [-0.4, -0.2) is 32.2 Å². The van der Waals surface area contributed by atoms with Crippen molar-refractivity contribution in [2.24, 2.45) is 0 Å². The molecule has 1 rings (SSSR count). The Morgan fingerprint density at radius 1 is 1.27 bits per heavy atom. The second kappa shape index (κ2) is 6.64. The molecule has 1 aromatic carbocycles. The van der Waals surface area contributed by atoms with Crippen LogP contribution in [-0.2, 0) is 14.8 Å². The number of hydrogen-bond donors (Lipinski definition) is 1. The van der Waals surface area contributed by atoms with Gasteiger partial charge in [-0.2, -0.15) is 0 Å². The molecule has 1 aromatic rings. The van der Waals surface area contributed by atoms with E-state index in [9.17, 15) is 17.6 Å². The van der Waals surface area contributed by atoms with Crippen molar-refractivity contribution in [2.75, 3.05) is 10.6 Å². The average Bonchev–Trinajstić information content (AvgIpc) is 2.33. The van der Waals surface area contributed by atoms with Crippen LogP contribution in [0, 0.1) is 5.82 Å². The molecule has 0 radical (unpaired) electrons. The number of benzene rings is 1. The first-order valence-electron chi connectivity index (χ1n) is 7.02. The summed E-state index contributed by atoms with van der Waals surface area (Å²) in [5.74, 6) is -0.853. The van der Waals surface area contributed by atoms with Crippen LogP contribution in [0.3, 0.4) is 0 Å². The lowest BCUT2D eigenvalue weighted by atomic mass is 10.1. The molecule has 0 aromatic heterocycles. The number of halogens is 1. The molecule has 0 saturated carbocycles. The monoisotopic (exact) mass is 330 g/mol. The third-order valence-corrected chi connectivity index (χ3v) is 4.09. The number of carbonyl (C=O) groups excluding carboxylic acids is 1. The number of nitrogens with one attached hydrogen (secondary N) is 1. The molecule has 0 aliphatic rings. The molecular weight excluding hydrogens is 307 g/mol. The van der Waals surface area contributed by atoms with Crippen LogP contribution in [0.25, 0.3) is 0 Å². The van der Waals surface area contributed by atoms with E-state index in [0.717, 1.165) is 10.6 Å². The SMILES string of the molecule is CC[C@H](C(=O)NC(C)(C)C)N(c1ccc(F)cc1)S(C)(=O)=O. The summed E-state index contributed by atoms with van der Waals surface area (Å²) in [6, 6.07) is 4.15. The van der Waals surface area contributed by atoms with Crippen molar-refractivity contribution >= 4 is 21.6 Å². The Bertz CT molecular complexity index is 621. The predicted molar refractivity (Wildman–Crippen MR) is 85.7 cm³/mol. The van der Waals surface area contributed by atoms with Gasteiger partial charge in [0.15, 0.2) is 0 Å². The Hall–Kier alpha value is -1.63. The zero-order valence-corrected chi connectivity index (χ0v) is 14.4. The van der Waals surface area contributed by atoms with Crippen LogP contribution >= 0.6 is 0 Å². The number of carbonyl (C=O) groups is 1. The van der Waals surface area contributed by atoms with E-state index in [2.05, 4.69) is 5.32 Å². The lowest BCUT2D eigenvalue weighted by Gasteiger charge is -2.32. The summed E-state index contributed by atoms with van der Waals surface area (Å²) in [5.41, 5.74) is -0.212. The van der Waals surface area contributed by atoms with Crippen LogP contribution in [0.4, 0.5) is 10.1 Å². The molecule has 0 saturated heterocycles. The van der Waals surface area contributed by atoms with Crippen LogP contribution in [0.15, 0.2) is 24.3 Å². The Kier molecular flexibility index (Phi) is 5.56. The summed E-state index contributed by atoms with van der Waals surface area (Å²) in [6.07, 6.45) is 1.33. The highest BCUT2D eigenvalue weighted by molar-refractivity contribution is 7.92. The van der Waals surface area contributed by atoms with Crippen LogP contribution in [0.2, 0.25) is 0 Å². The van der Waals surface area contributed by atoms with Crippen molar-refractivity contribution in [1.82, 2.24) is 5.32 Å². The van der Waals surface area contributed by atoms with Crippen molar-refractivity contribution in [1.29, 1.82) is 0 Å². The fourth-order valence-corrected chi connectivity index (χ4v) is 3.31. The quantitative estimate of drug-likeness (QED) is 0.901. The Morgan fingerprint density at radius 2 is 1.77 bits per heavy atom. The van der Waals surface area contributed by atoms with Crippen LogP contribution in [0.5, 0.6) is 0 Å². The molecule has 0 fully saturated rings. The van der Waals surface area contributed by atoms with Crippen molar-refractivity contribution < 1.29 is 17.6 Å². The molecule has 1 atom stereocenters. The lowest BCUT2D eigenvalue weighted by Crippen LogP contribution is -2.53. The maximum Gasteiger partial charge on any atom is 0.244 e. The summed E-state index contributed by atoms with van der Waals surface area (Å²) in [6.45, 7) is 7.19. The van der Waals surface area contributed by atoms with Crippen molar-refractivity contribution in [3.8, 4) is 0 Å². The van der Waals surface area contributed by atoms with E-state index in [-0.39, 0.29) is 11.6 Å². The molecule has 1 amide bonds. The average molecular weight is 330 g/mol. The van der Waals surface area contributed by atoms with Crippen LogP contribution < -0.4 is 9.62 Å². The van der Waals surface area contributed by atoms with Crippen LogP contribution in [0.1, 0.15) is 34.1 Å². The highest BCUT2D eigenvalue weighted by atomic mass is 32.2. The molecule has 124 valence electrons. The first kappa shape index (κ1) is 18.4. The fraction of sp³-hybridized carbons (Fsp3) is 0.533. The minimum absolute atomic E-state index is 0.264. The summed E-state index contributed by atoms with van der Waals surface area (Å²) in [4.78, 5) is 12.4. The third kappa shape index (κ3) is 4.98. The van der Waals surface area contributed by atoms with E-state index in [1.54, 1.807) is 6.92 Å². The second-order valence-electron chi connectivity index (χ2n) is 6.20. The lowest BCUT2D eigenvalue weighted by molar-refractivity contribution is -0.123. The Balaban J connectivity index is 3.25. The molecule has 0 aliphatic carbocycles. The topological polar surface area (TPSA) is 66.5 Å². The number of nitrogens with zero attached hydrogens (tertiary/aromatic N) is 1. The Morgan fingerprint density at radius 3 is 2.14 bits per heavy atom. The van der Waals surface area contributed by atoms with Gasteiger partial charge in [0.1, 0.15) is 11.9 Å². The summed E-state index contributed by atoms with van der Waals surface area (Å²) in [5, 5.41) is 2.78. The van der Waals surface area contributed by atoms with Gasteiger partial charge in [0, 0.05) is 5.54 Å². The summed E-state index contributed by atoms with van der Waals surface area (Å²) >= 11 is 0. The van der Waals surface area contributed by atoms with E-state index in [1.165, 1.54) is 24.3 Å². The molecule has 0 bridgehead atoms. The number of anilines is 1. The van der Waals surface area contributed by atoms with Gasteiger partial charge in [-0.05, 0) is 51.5 Å². The van der Waals surface area contributed by atoms with E-state index >= 15 is 0 Å². The van der Waals surface area contributed by atoms with Crippen molar-refractivity contribution in [3.05, 3.63) is 30.1 Å². The van der Waals surface area contributed by atoms with Gasteiger partial charge < -0.3 is 5.32 Å². The first-order chi connectivity index (χ1) is 9.95. The van der Waals surface area contributed by atoms with Gasteiger partial charge >= 0.3 is 0 Å². The van der Waals surface area contributed by atoms with Gasteiger partial charge in [-0.15, -0.1) is 0 Å². The minimum Gasteiger partial charge on any atom is -0.350 e. The zero-order valence-electron chi connectivity index (χ0n) is 13.6. The highest BCUT2D eigenvalue weighted by Crippen LogP contribution is 2.23. The molecule has 0 spiro atoms. The zero-order chi connectivity index (χ0) is 17.1. The standard InChI is InChI=1S/C15H23FN2O3S/c1-6-13(14(19)17-15(2,3)4)18(22(5,20)21)12-9-7-11(16)8-10-12/h7-10,13H,6H2,1-5H3,(H,17,19)/t13-/m1/s1. The molecular formula is C15H23FN2O3S. The third-order valence-electron chi connectivity index (χ3n) is 2.91. The number of hydrogen-bond acceptors (Lipinski definition) is 3. The summed E-state index contributed by atoms with van der Waals surface area (Å²) in [7, 11) is -3.69. The van der Waals surface area contributed by atoms with Crippen molar-refractivity contribution in [2.45, 2.75) is 45.7 Å². The van der Waals surface area contributed by atoms with Gasteiger partial charge in [0.25, 0.3) is 0 Å². The largest absolute Gasteiger partial charge is 0.350 e. The smallest absolute Gasteiger partial charge is 0.244 e. The molecule has 0 aliphatic heterocycles. The number of sulfonamides is 1. The minimum atomic E-state index is -3.69. The molecule has 1 N–H and O–H groups in total. The number of rotatable bonds is 5. The maximum atomic E-state index is 13.1. The first-order valence-corrected chi connectivity index (χ1v) is 8.87. The Labute approximate surface area is 131 Å². The van der Waals surface area contributed by atoms with Gasteiger partial charge in [-0.25, -0.2) is 12.8 Å². The van der Waals surface area contributed by atoms with E-state index in [4.69, 9.17) is 0 Å². The van der Waals surface area contributed by atoms with E-state index in [1.807, 2.05) is 20.8 Å². The predicted octanol–water partition coefficient (Wildman–Crippen LogP) is 2.29.